The van der Waals surface area contributed by atoms with Crippen molar-refractivity contribution in [3.63, 3.8) is 0 Å². The molecule has 0 aliphatic heterocycles. The fourth-order valence-electron chi connectivity index (χ4n) is 1.88. The van der Waals surface area contributed by atoms with Crippen LogP contribution in [0.4, 0.5) is 0 Å². The van der Waals surface area contributed by atoms with Gasteiger partial charge in [-0.25, -0.2) is 0 Å². The van der Waals surface area contributed by atoms with Gasteiger partial charge in [0.25, 0.3) is 0 Å². The molecular weight excluding hydrogens is 296 g/mol. The van der Waals surface area contributed by atoms with Crippen LogP contribution < -0.4 is 5.32 Å². The Morgan fingerprint density at radius 1 is 1.59 bits per heavy atom. The van der Waals surface area contributed by atoms with Crippen LogP contribution in [-0.4, -0.2) is 30.6 Å². The monoisotopic (exact) mass is 316 g/mol. The topological polar surface area (TPSA) is 15.3 Å². The van der Waals surface area contributed by atoms with E-state index in [1.165, 1.54) is 28.6 Å². The number of thiophene rings is 1. The van der Waals surface area contributed by atoms with E-state index in [1.54, 1.807) is 11.3 Å². The molecule has 1 aliphatic carbocycles. The molecule has 0 amide bonds. The molecule has 0 radical (unpaired) electrons. The fraction of sp³-hybridized carbons (Fsp3) is 0.692. The maximum absolute atomic E-state index is 3.58. The molecule has 0 aromatic carbocycles. The van der Waals surface area contributed by atoms with E-state index in [4.69, 9.17) is 0 Å². The lowest BCUT2D eigenvalue weighted by Gasteiger charge is -2.24. The molecule has 1 unspecified atom stereocenters. The van der Waals surface area contributed by atoms with Gasteiger partial charge in [0.15, 0.2) is 0 Å². The van der Waals surface area contributed by atoms with E-state index in [2.05, 4.69) is 51.6 Å². The van der Waals surface area contributed by atoms with Crippen LogP contribution in [0.25, 0.3) is 0 Å². The quantitative estimate of drug-likeness (QED) is 0.828. The van der Waals surface area contributed by atoms with Gasteiger partial charge in [-0.2, -0.15) is 0 Å². The SMILES string of the molecule is CC(CCNC1CC1)N(C)Cc1csc(Br)c1. The Labute approximate surface area is 117 Å². The smallest absolute Gasteiger partial charge is 0.0701 e. The molecule has 96 valence electrons. The highest BCUT2D eigenvalue weighted by Gasteiger charge is 2.20. The number of hydrogen-bond donors (Lipinski definition) is 1. The molecule has 1 aliphatic rings. The minimum absolute atomic E-state index is 0.639. The molecule has 0 bridgehead atoms. The maximum Gasteiger partial charge on any atom is 0.0701 e. The Hall–Kier alpha value is 0.100. The van der Waals surface area contributed by atoms with Crippen molar-refractivity contribution < 1.29 is 0 Å². The molecule has 4 heteroatoms. The standard InChI is InChI=1S/C13H21BrN2S/c1-10(5-6-15-12-3-4-12)16(2)8-11-7-13(14)17-9-11/h7,9-10,12,15H,3-6,8H2,1-2H3. The lowest BCUT2D eigenvalue weighted by atomic mass is 10.2. The molecule has 0 saturated heterocycles. The summed E-state index contributed by atoms with van der Waals surface area (Å²) in [5.74, 6) is 0. The van der Waals surface area contributed by atoms with E-state index >= 15 is 0 Å². The predicted molar refractivity (Wildman–Crippen MR) is 78.6 cm³/mol. The summed E-state index contributed by atoms with van der Waals surface area (Å²) >= 11 is 5.28. The number of rotatable bonds is 7. The van der Waals surface area contributed by atoms with Gasteiger partial charge in [0.1, 0.15) is 0 Å². The second-order valence-corrected chi connectivity index (χ2v) is 7.33. The van der Waals surface area contributed by atoms with Gasteiger partial charge in [-0.15, -0.1) is 11.3 Å². The van der Waals surface area contributed by atoms with E-state index in [-0.39, 0.29) is 0 Å². The lowest BCUT2D eigenvalue weighted by molar-refractivity contribution is 0.236. The molecule has 1 saturated carbocycles. The maximum atomic E-state index is 3.58. The van der Waals surface area contributed by atoms with Crippen molar-refractivity contribution in [2.45, 2.75) is 44.8 Å². The van der Waals surface area contributed by atoms with Crippen molar-refractivity contribution in [3.8, 4) is 0 Å². The predicted octanol–water partition coefficient (Wildman–Crippen LogP) is 3.47. The first-order chi connectivity index (χ1) is 8.15. The summed E-state index contributed by atoms with van der Waals surface area (Å²) in [7, 11) is 2.22. The summed E-state index contributed by atoms with van der Waals surface area (Å²) < 4.78 is 1.23. The second-order valence-electron chi connectivity index (χ2n) is 5.04. The van der Waals surface area contributed by atoms with Crippen molar-refractivity contribution >= 4 is 27.3 Å². The van der Waals surface area contributed by atoms with Crippen LogP contribution >= 0.6 is 27.3 Å². The van der Waals surface area contributed by atoms with E-state index in [0.717, 1.165) is 19.1 Å². The third kappa shape index (κ3) is 4.70. The Kier molecular flexibility index (Phi) is 5.03. The van der Waals surface area contributed by atoms with Gasteiger partial charge in [-0.1, -0.05) is 0 Å². The van der Waals surface area contributed by atoms with Gasteiger partial charge in [-0.3, -0.25) is 4.90 Å². The third-order valence-electron chi connectivity index (χ3n) is 3.38. The van der Waals surface area contributed by atoms with Crippen LogP contribution in [0, 0.1) is 0 Å². The van der Waals surface area contributed by atoms with E-state index in [1.807, 2.05) is 0 Å². The van der Waals surface area contributed by atoms with Crippen LogP contribution in [-0.2, 0) is 6.54 Å². The van der Waals surface area contributed by atoms with Crippen LogP contribution in [0.3, 0.4) is 0 Å². The number of hydrogen-bond acceptors (Lipinski definition) is 3. The zero-order valence-electron chi connectivity index (χ0n) is 10.6. The first-order valence-electron chi connectivity index (χ1n) is 6.31. The molecule has 1 fully saturated rings. The van der Waals surface area contributed by atoms with Crippen molar-refractivity contribution in [3.05, 3.63) is 20.8 Å². The number of halogens is 1. The number of nitrogens with zero attached hydrogens (tertiary/aromatic N) is 1. The zero-order chi connectivity index (χ0) is 12.3. The Morgan fingerprint density at radius 3 is 2.94 bits per heavy atom. The lowest BCUT2D eigenvalue weighted by Crippen LogP contribution is -2.32. The molecule has 2 rings (SSSR count). The molecule has 2 nitrogen and oxygen atoms in total. The normalized spacial score (nSPS) is 17.6. The number of nitrogens with one attached hydrogen (secondary N) is 1. The summed E-state index contributed by atoms with van der Waals surface area (Å²) in [5, 5.41) is 5.81. The highest BCUT2D eigenvalue weighted by molar-refractivity contribution is 9.11. The van der Waals surface area contributed by atoms with E-state index in [0.29, 0.717) is 6.04 Å². The van der Waals surface area contributed by atoms with Crippen LogP contribution in [0.15, 0.2) is 15.2 Å². The highest BCUT2D eigenvalue weighted by Crippen LogP contribution is 2.22. The van der Waals surface area contributed by atoms with Crippen molar-refractivity contribution in [1.29, 1.82) is 0 Å². The highest BCUT2D eigenvalue weighted by atomic mass is 79.9. The van der Waals surface area contributed by atoms with Crippen molar-refractivity contribution in [2.24, 2.45) is 0 Å². The largest absolute Gasteiger partial charge is 0.314 e. The molecule has 1 heterocycles. The van der Waals surface area contributed by atoms with E-state index < -0.39 is 0 Å². The van der Waals surface area contributed by atoms with Crippen LogP contribution in [0.1, 0.15) is 31.7 Å². The Bertz CT molecular complexity index is 349. The van der Waals surface area contributed by atoms with Crippen LogP contribution in [0.2, 0.25) is 0 Å². The summed E-state index contributed by atoms with van der Waals surface area (Å²) in [6, 6.07) is 3.69. The molecule has 1 aromatic heterocycles. The zero-order valence-corrected chi connectivity index (χ0v) is 13.0. The van der Waals surface area contributed by atoms with Gasteiger partial charge in [0.05, 0.1) is 3.79 Å². The average Bonchev–Trinajstić information content (AvgIpc) is 3.02. The molecule has 1 N–H and O–H groups in total. The first kappa shape index (κ1) is 13.5. The molecule has 0 spiro atoms. The van der Waals surface area contributed by atoms with Gasteiger partial charge in [-0.05, 0) is 72.7 Å². The minimum Gasteiger partial charge on any atom is -0.314 e. The van der Waals surface area contributed by atoms with Gasteiger partial charge in [0.2, 0.25) is 0 Å². The van der Waals surface area contributed by atoms with Gasteiger partial charge >= 0.3 is 0 Å². The van der Waals surface area contributed by atoms with Crippen molar-refractivity contribution in [2.75, 3.05) is 13.6 Å². The fourth-order valence-corrected chi connectivity index (χ4v) is 3.08. The van der Waals surface area contributed by atoms with E-state index in [9.17, 15) is 0 Å². The third-order valence-corrected chi connectivity index (χ3v) is 4.93. The van der Waals surface area contributed by atoms with Crippen molar-refractivity contribution in [1.82, 2.24) is 10.2 Å². The summed E-state index contributed by atoms with van der Waals surface area (Å²) in [6.45, 7) is 4.52. The summed E-state index contributed by atoms with van der Waals surface area (Å²) in [6.07, 6.45) is 4.00. The molecular formula is C13H21BrN2S. The average molecular weight is 317 g/mol. The second kappa shape index (κ2) is 6.32. The summed E-state index contributed by atoms with van der Waals surface area (Å²) in [5.41, 5.74) is 1.41. The minimum atomic E-state index is 0.639. The van der Waals surface area contributed by atoms with Gasteiger partial charge < -0.3 is 5.32 Å². The molecule has 1 atom stereocenters. The van der Waals surface area contributed by atoms with Crippen LogP contribution in [0.5, 0.6) is 0 Å². The summed E-state index contributed by atoms with van der Waals surface area (Å²) in [4.78, 5) is 2.43. The molecule has 17 heavy (non-hydrogen) atoms. The first-order valence-corrected chi connectivity index (χ1v) is 7.99. The Balaban J connectivity index is 1.68. The Morgan fingerprint density at radius 2 is 2.35 bits per heavy atom. The molecule has 1 aromatic rings. The van der Waals surface area contributed by atoms with Gasteiger partial charge in [0, 0.05) is 18.6 Å².